The first-order valence-corrected chi connectivity index (χ1v) is 9.07. The zero-order valence-electron chi connectivity index (χ0n) is 15.9. The summed E-state index contributed by atoms with van der Waals surface area (Å²) in [6.45, 7) is 0.681. The maximum absolute atomic E-state index is 12.1. The molecule has 2 aromatic rings. The Morgan fingerprint density at radius 2 is 2.07 bits per heavy atom. The van der Waals surface area contributed by atoms with Crippen molar-refractivity contribution in [2.75, 3.05) is 32.6 Å². The summed E-state index contributed by atoms with van der Waals surface area (Å²) in [5.74, 6) is 3.58. The van der Waals surface area contributed by atoms with Crippen LogP contribution in [0.1, 0.15) is 11.1 Å². The van der Waals surface area contributed by atoms with Crippen LogP contribution in [0.15, 0.2) is 47.5 Å². The first-order chi connectivity index (χ1) is 13.5. The van der Waals surface area contributed by atoms with E-state index in [4.69, 9.17) is 22.8 Å². The molecule has 146 valence electrons. The predicted molar refractivity (Wildman–Crippen MR) is 114 cm³/mol. The maximum Gasteiger partial charge on any atom is 0.243 e. The zero-order chi connectivity index (χ0) is 20.4. The van der Waals surface area contributed by atoms with E-state index in [-0.39, 0.29) is 12.5 Å². The number of methoxy groups -OCH3 is 1. The van der Waals surface area contributed by atoms with Crippen LogP contribution in [0.3, 0.4) is 0 Å². The third-order valence-electron chi connectivity index (χ3n) is 3.90. The van der Waals surface area contributed by atoms with Crippen LogP contribution >= 0.6 is 11.6 Å². The minimum atomic E-state index is -0.199. The summed E-state index contributed by atoms with van der Waals surface area (Å²) in [7, 11) is 3.24. The van der Waals surface area contributed by atoms with Crippen molar-refractivity contribution in [2.24, 2.45) is 4.99 Å². The summed E-state index contributed by atoms with van der Waals surface area (Å²) in [6.07, 6.45) is 6.07. The molecule has 7 heteroatoms. The van der Waals surface area contributed by atoms with E-state index in [0.717, 1.165) is 11.3 Å². The fourth-order valence-electron chi connectivity index (χ4n) is 2.45. The van der Waals surface area contributed by atoms with Crippen LogP contribution in [-0.4, -0.2) is 39.1 Å². The molecule has 3 N–H and O–H groups in total. The largest absolute Gasteiger partial charge is 0.497 e. The number of carbonyl (C=O) groups is 1. The number of terminal acetylenes is 1. The van der Waals surface area contributed by atoms with Crippen LogP contribution in [-0.2, 0) is 11.2 Å². The van der Waals surface area contributed by atoms with Gasteiger partial charge in [0.25, 0.3) is 0 Å². The van der Waals surface area contributed by atoms with Crippen molar-refractivity contribution in [1.82, 2.24) is 10.6 Å². The molecule has 0 bridgehead atoms. The number of nitrogens with one attached hydrogen (secondary N) is 3. The molecule has 2 rings (SSSR count). The molecule has 0 aromatic heterocycles. The number of anilines is 1. The second-order valence-corrected chi connectivity index (χ2v) is 6.24. The van der Waals surface area contributed by atoms with Crippen molar-refractivity contribution in [3.8, 4) is 18.1 Å². The number of hydrogen-bond acceptors (Lipinski definition) is 3. The lowest BCUT2D eigenvalue weighted by Gasteiger charge is -2.13. The van der Waals surface area contributed by atoms with Crippen molar-refractivity contribution in [3.05, 3.63) is 58.6 Å². The number of ether oxygens (including phenoxy) is 1. The Morgan fingerprint density at radius 3 is 2.75 bits per heavy atom. The van der Waals surface area contributed by atoms with E-state index in [1.165, 1.54) is 0 Å². The van der Waals surface area contributed by atoms with Crippen LogP contribution in [0.4, 0.5) is 5.69 Å². The summed E-state index contributed by atoms with van der Waals surface area (Å²) in [4.78, 5) is 16.2. The van der Waals surface area contributed by atoms with Gasteiger partial charge in [0.05, 0.1) is 13.7 Å². The molecule has 0 spiro atoms. The monoisotopic (exact) mass is 398 g/mol. The van der Waals surface area contributed by atoms with Crippen molar-refractivity contribution >= 4 is 29.2 Å². The highest BCUT2D eigenvalue weighted by molar-refractivity contribution is 6.31. The second kappa shape index (κ2) is 10.9. The molecule has 0 saturated carbocycles. The average molecular weight is 399 g/mol. The number of rotatable bonds is 7. The quantitative estimate of drug-likeness (QED) is 0.381. The van der Waals surface area contributed by atoms with Gasteiger partial charge in [0.2, 0.25) is 5.91 Å². The molecule has 28 heavy (non-hydrogen) atoms. The van der Waals surface area contributed by atoms with Crippen molar-refractivity contribution < 1.29 is 9.53 Å². The molecule has 0 aliphatic carbocycles. The molecular weight excluding hydrogens is 376 g/mol. The SMILES string of the molecule is C#Cc1cccc(NC(=O)CNC(=NC)NCCc2ccc(OC)cc2Cl)c1. The summed E-state index contributed by atoms with van der Waals surface area (Å²) >= 11 is 6.24. The van der Waals surface area contributed by atoms with E-state index in [0.29, 0.717) is 35.2 Å². The van der Waals surface area contributed by atoms with Gasteiger partial charge in [0.1, 0.15) is 5.75 Å². The molecule has 6 nitrogen and oxygen atoms in total. The first kappa shape index (κ1) is 21.1. The van der Waals surface area contributed by atoms with E-state index in [1.807, 2.05) is 12.1 Å². The van der Waals surface area contributed by atoms with Gasteiger partial charge in [-0.25, -0.2) is 0 Å². The van der Waals surface area contributed by atoms with Crippen LogP contribution in [0.25, 0.3) is 0 Å². The number of carbonyl (C=O) groups excluding carboxylic acids is 1. The molecule has 0 atom stereocenters. The molecule has 0 fully saturated rings. The van der Waals surface area contributed by atoms with Crippen molar-refractivity contribution in [3.63, 3.8) is 0 Å². The highest BCUT2D eigenvalue weighted by atomic mass is 35.5. The van der Waals surface area contributed by atoms with Gasteiger partial charge in [-0.3, -0.25) is 9.79 Å². The smallest absolute Gasteiger partial charge is 0.243 e. The van der Waals surface area contributed by atoms with E-state index < -0.39 is 0 Å². The van der Waals surface area contributed by atoms with Gasteiger partial charge in [0.15, 0.2) is 5.96 Å². The van der Waals surface area contributed by atoms with Gasteiger partial charge in [-0.1, -0.05) is 29.7 Å². The fraction of sp³-hybridized carbons (Fsp3) is 0.238. The molecule has 0 radical (unpaired) electrons. The molecule has 0 aliphatic heterocycles. The van der Waals surface area contributed by atoms with E-state index >= 15 is 0 Å². The Labute approximate surface area is 170 Å². The van der Waals surface area contributed by atoms with Crippen molar-refractivity contribution in [1.29, 1.82) is 0 Å². The minimum absolute atomic E-state index is 0.0727. The Kier molecular flexibility index (Phi) is 8.19. The number of guanidine groups is 1. The summed E-state index contributed by atoms with van der Waals surface area (Å²) in [5, 5.41) is 9.56. The molecule has 1 amide bonds. The standard InChI is InChI=1S/C21H23ClN4O2/c1-4-15-6-5-7-17(12-15)26-20(27)14-25-21(23-2)24-11-10-16-8-9-18(28-3)13-19(16)22/h1,5-9,12-13H,10-11,14H2,2-3H3,(H,26,27)(H2,23,24,25). The molecule has 0 saturated heterocycles. The van der Waals surface area contributed by atoms with Gasteiger partial charge >= 0.3 is 0 Å². The van der Waals surface area contributed by atoms with Crippen LogP contribution < -0.4 is 20.7 Å². The average Bonchev–Trinajstić information content (AvgIpc) is 2.71. The molecule has 0 heterocycles. The lowest BCUT2D eigenvalue weighted by molar-refractivity contribution is -0.115. The van der Waals surface area contributed by atoms with Gasteiger partial charge in [-0.15, -0.1) is 6.42 Å². The van der Waals surface area contributed by atoms with Crippen molar-refractivity contribution in [2.45, 2.75) is 6.42 Å². The maximum atomic E-state index is 12.1. The minimum Gasteiger partial charge on any atom is -0.497 e. The Balaban J connectivity index is 1.78. The molecular formula is C21H23ClN4O2. The number of amides is 1. The predicted octanol–water partition coefficient (Wildman–Crippen LogP) is 2.68. The number of hydrogen-bond donors (Lipinski definition) is 3. The Bertz CT molecular complexity index is 890. The van der Waals surface area contributed by atoms with Gasteiger partial charge in [-0.2, -0.15) is 0 Å². The number of halogens is 1. The van der Waals surface area contributed by atoms with Gasteiger partial charge in [0, 0.05) is 29.9 Å². The molecule has 2 aromatic carbocycles. The molecule has 0 unspecified atom stereocenters. The highest BCUT2D eigenvalue weighted by Crippen LogP contribution is 2.22. The van der Waals surface area contributed by atoms with E-state index in [9.17, 15) is 4.79 Å². The highest BCUT2D eigenvalue weighted by Gasteiger charge is 2.06. The van der Waals surface area contributed by atoms with Crippen LogP contribution in [0.2, 0.25) is 5.02 Å². The normalized spacial score (nSPS) is 10.7. The van der Waals surface area contributed by atoms with Crippen LogP contribution in [0.5, 0.6) is 5.75 Å². The zero-order valence-corrected chi connectivity index (χ0v) is 16.6. The Hall–Kier alpha value is -3.17. The lowest BCUT2D eigenvalue weighted by atomic mass is 10.1. The number of aliphatic imine (C=N–C) groups is 1. The van der Waals surface area contributed by atoms with E-state index in [1.54, 1.807) is 44.5 Å². The topological polar surface area (TPSA) is 74.8 Å². The fourth-order valence-corrected chi connectivity index (χ4v) is 2.71. The first-order valence-electron chi connectivity index (χ1n) is 8.69. The van der Waals surface area contributed by atoms with Gasteiger partial charge in [-0.05, 0) is 42.3 Å². The van der Waals surface area contributed by atoms with Crippen LogP contribution in [0, 0.1) is 12.3 Å². The number of benzene rings is 2. The summed E-state index contributed by atoms with van der Waals surface area (Å²) < 4.78 is 5.14. The third kappa shape index (κ3) is 6.53. The number of nitrogens with zero attached hydrogens (tertiary/aromatic N) is 1. The Morgan fingerprint density at radius 1 is 1.25 bits per heavy atom. The lowest BCUT2D eigenvalue weighted by Crippen LogP contribution is -2.42. The molecule has 0 aliphatic rings. The summed E-state index contributed by atoms with van der Waals surface area (Å²) in [6, 6.07) is 12.7. The second-order valence-electron chi connectivity index (χ2n) is 5.83. The third-order valence-corrected chi connectivity index (χ3v) is 4.25. The summed E-state index contributed by atoms with van der Waals surface area (Å²) in [5.41, 5.74) is 2.36. The van der Waals surface area contributed by atoms with E-state index in [2.05, 4.69) is 26.9 Å². The van der Waals surface area contributed by atoms with Gasteiger partial charge < -0.3 is 20.7 Å².